The normalized spacial score (nSPS) is 14.4. The molecule has 0 aliphatic carbocycles. The minimum absolute atomic E-state index is 0.182. The van der Waals surface area contributed by atoms with E-state index in [4.69, 9.17) is 0 Å². The maximum Gasteiger partial charge on any atom is 0.157 e. The number of benzene rings is 1. The number of hydrogen-bond donors (Lipinski definition) is 0. The molecule has 1 atom stereocenters. The smallest absolute Gasteiger partial charge is 0.157 e. The molecular weight excluding hydrogens is 292 g/mol. The van der Waals surface area contributed by atoms with Gasteiger partial charge in [-0.2, -0.15) is 4.68 Å². The van der Waals surface area contributed by atoms with Gasteiger partial charge in [-0.05, 0) is 34.4 Å². The van der Waals surface area contributed by atoms with E-state index in [1.165, 1.54) is 0 Å². The second kappa shape index (κ2) is 5.61. The van der Waals surface area contributed by atoms with E-state index < -0.39 is 0 Å². The lowest BCUT2D eigenvalue weighted by atomic mass is 9.86. The van der Waals surface area contributed by atoms with Gasteiger partial charge in [0, 0.05) is 11.8 Å². The van der Waals surface area contributed by atoms with E-state index in [2.05, 4.69) is 45.3 Å². The Bertz CT molecular complexity index is 491. The van der Waals surface area contributed by atoms with Gasteiger partial charge in [-0.15, -0.1) is 5.10 Å². The molecule has 0 radical (unpaired) electrons. The Morgan fingerprint density at radius 3 is 2.61 bits per heavy atom. The van der Waals surface area contributed by atoms with E-state index >= 15 is 0 Å². The number of hydrogen-bond acceptors (Lipinski definition) is 3. The molecule has 0 aliphatic rings. The summed E-state index contributed by atoms with van der Waals surface area (Å²) in [6.07, 6.45) is 1.94. The minimum Gasteiger partial charge on any atom is -0.197 e. The number of aromatic nitrogens is 4. The van der Waals surface area contributed by atoms with Crippen LogP contribution in [0.3, 0.4) is 0 Å². The van der Waals surface area contributed by atoms with Gasteiger partial charge in [0.1, 0.15) is 0 Å². The summed E-state index contributed by atoms with van der Waals surface area (Å²) in [6, 6.07) is 9.99. The fourth-order valence-electron chi connectivity index (χ4n) is 1.73. The molecule has 0 spiro atoms. The molecule has 1 heterocycles. The Morgan fingerprint density at radius 1 is 1.28 bits per heavy atom. The number of nitrogens with zero attached hydrogens (tertiary/aromatic N) is 4. The summed E-state index contributed by atoms with van der Waals surface area (Å²) in [4.78, 5) is 0. The van der Waals surface area contributed by atoms with Crippen LogP contribution in [0, 0.1) is 5.41 Å². The van der Waals surface area contributed by atoms with E-state index in [0.29, 0.717) is 0 Å². The molecule has 5 heteroatoms. The van der Waals surface area contributed by atoms with Gasteiger partial charge in [-0.25, -0.2) is 0 Å². The fourth-order valence-corrected chi connectivity index (χ4v) is 2.33. The van der Waals surface area contributed by atoms with Crippen molar-refractivity contribution in [3.63, 3.8) is 0 Å². The van der Waals surface area contributed by atoms with Crippen LogP contribution in [-0.2, 0) is 6.42 Å². The van der Waals surface area contributed by atoms with Gasteiger partial charge in [0.2, 0.25) is 0 Å². The first-order valence-corrected chi connectivity index (χ1v) is 7.19. The highest BCUT2D eigenvalue weighted by atomic mass is 79.9. The zero-order chi connectivity index (χ0) is 13.0. The summed E-state index contributed by atoms with van der Waals surface area (Å²) in [5.41, 5.74) is 1.19. The first kappa shape index (κ1) is 13.2. The Labute approximate surface area is 116 Å². The monoisotopic (exact) mass is 308 g/mol. The third kappa shape index (κ3) is 2.77. The molecule has 2 rings (SSSR count). The summed E-state index contributed by atoms with van der Waals surface area (Å²) < 4.78 is 1.82. The third-order valence-corrected chi connectivity index (χ3v) is 4.65. The van der Waals surface area contributed by atoms with Crippen molar-refractivity contribution >= 4 is 15.9 Å². The molecule has 2 aromatic rings. The Hall–Kier alpha value is -1.23. The van der Waals surface area contributed by atoms with Crippen LogP contribution in [0.15, 0.2) is 30.3 Å². The molecule has 0 aliphatic heterocycles. The molecule has 96 valence electrons. The minimum atomic E-state index is 0.182. The maximum absolute atomic E-state index is 4.15. The highest BCUT2D eigenvalue weighted by Crippen LogP contribution is 2.28. The van der Waals surface area contributed by atoms with Crippen molar-refractivity contribution in [2.24, 2.45) is 5.41 Å². The van der Waals surface area contributed by atoms with Crippen LogP contribution in [0.5, 0.6) is 0 Å². The Morgan fingerprint density at radius 2 is 2.00 bits per heavy atom. The molecule has 0 saturated carbocycles. The average molecular weight is 309 g/mol. The summed E-state index contributed by atoms with van der Waals surface area (Å²) in [5.74, 6) is 0.907. The lowest BCUT2D eigenvalue weighted by molar-refractivity contribution is 0.350. The Kier molecular flexibility index (Phi) is 4.11. The van der Waals surface area contributed by atoms with Gasteiger partial charge in [0.15, 0.2) is 5.82 Å². The zero-order valence-electron chi connectivity index (χ0n) is 10.7. The van der Waals surface area contributed by atoms with Crippen molar-refractivity contribution in [2.75, 3.05) is 5.33 Å². The van der Waals surface area contributed by atoms with Gasteiger partial charge in [0.05, 0.1) is 5.69 Å². The molecule has 1 aromatic heterocycles. The summed E-state index contributed by atoms with van der Waals surface area (Å²) >= 11 is 3.58. The zero-order valence-corrected chi connectivity index (χ0v) is 12.3. The number of para-hydroxylation sites is 1. The van der Waals surface area contributed by atoms with Crippen LogP contribution in [0.1, 0.15) is 26.1 Å². The molecular formula is C13H17BrN4. The first-order valence-electron chi connectivity index (χ1n) is 6.07. The van der Waals surface area contributed by atoms with Gasteiger partial charge < -0.3 is 0 Å². The van der Waals surface area contributed by atoms with E-state index in [1.807, 2.05) is 35.0 Å². The van der Waals surface area contributed by atoms with Crippen molar-refractivity contribution in [3.05, 3.63) is 36.2 Å². The van der Waals surface area contributed by atoms with Crippen LogP contribution in [0.25, 0.3) is 5.69 Å². The van der Waals surface area contributed by atoms with E-state index in [9.17, 15) is 0 Å². The lowest BCUT2D eigenvalue weighted by Crippen LogP contribution is -2.22. The van der Waals surface area contributed by atoms with Crippen molar-refractivity contribution in [1.29, 1.82) is 0 Å². The van der Waals surface area contributed by atoms with Gasteiger partial charge in [0.25, 0.3) is 0 Å². The highest BCUT2D eigenvalue weighted by molar-refractivity contribution is 9.09. The number of tetrazole rings is 1. The quantitative estimate of drug-likeness (QED) is 0.798. The van der Waals surface area contributed by atoms with Crippen molar-refractivity contribution < 1.29 is 0 Å². The summed E-state index contributed by atoms with van der Waals surface area (Å²) in [5, 5.41) is 13.0. The summed E-state index contributed by atoms with van der Waals surface area (Å²) in [7, 11) is 0. The molecule has 18 heavy (non-hydrogen) atoms. The standard InChI is InChI=1S/C13H17BrN4/c1-3-13(2,10-14)9-12-15-16-17-18(12)11-7-5-4-6-8-11/h4-8H,3,9-10H2,1-2H3. The summed E-state index contributed by atoms with van der Waals surface area (Å²) in [6.45, 7) is 4.43. The molecule has 0 fully saturated rings. The highest BCUT2D eigenvalue weighted by Gasteiger charge is 2.24. The van der Waals surface area contributed by atoms with E-state index in [-0.39, 0.29) is 5.41 Å². The van der Waals surface area contributed by atoms with Crippen LogP contribution in [0.4, 0.5) is 0 Å². The van der Waals surface area contributed by atoms with Gasteiger partial charge in [-0.3, -0.25) is 0 Å². The molecule has 0 amide bonds. The molecule has 0 saturated heterocycles. The average Bonchev–Trinajstić information content (AvgIpc) is 2.87. The largest absolute Gasteiger partial charge is 0.197 e. The van der Waals surface area contributed by atoms with Crippen molar-refractivity contribution in [2.45, 2.75) is 26.7 Å². The van der Waals surface area contributed by atoms with E-state index in [1.54, 1.807) is 0 Å². The predicted molar refractivity (Wildman–Crippen MR) is 75.1 cm³/mol. The lowest BCUT2D eigenvalue weighted by Gasteiger charge is -2.24. The van der Waals surface area contributed by atoms with Crippen LogP contribution in [-0.4, -0.2) is 25.5 Å². The second-order valence-electron chi connectivity index (χ2n) is 4.82. The first-order chi connectivity index (χ1) is 8.68. The molecule has 1 unspecified atom stereocenters. The van der Waals surface area contributed by atoms with Gasteiger partial charge in [-0.1, -0.05) is 48.0 Å². The van der Waals surface area contributed by atoms with Crippen LogP contribution in [0.2, 0.25) is 0 Å². The maximum atomic E-state index is 4.15. The van der Waals surface area contributed by atoms with Crippen LogP contribution < -0.4 is 0 Å². The SMILES string of the molecule is CCC(C)(CBr)Cc1nnnn1-c1ccccc1. The predicted octanol–water partition coefficient (Wildman–Crippen LogP) is 3.02. The number of halogens is 1. The number of alkyl halides is 1. The molecule has 0 N–H and O–H groups in total. The second-order valence-corrected chi connectivity index (χ2v) is 5.38. The van der Waals surface area contributed by atoms with E-state index in [0.717, 1.165) is 29.7 Å². The third-order valence-electron chi connectivity index (χ3n) is 3.30. The van der Waals surface area contributed by atoms with Crippen molar-refractivity contribution in [1.82, 2.24) is 20.2 Å². The Balaban J connectivity index is 2.29. The van der Waals surface area contributed by atoms with Crippen molar-refractivity contribution in [3.8, 4) is 5.69 Å². The van der Waals surface area contributed by atoms with Gasteiger partial charge >= 0.3 is 0 Å². The molecule has 4 nitrogen and oxygen atoms in total. The molecule has 0 bridgehead atoms. The topological polar surface area (TPSA) is 43.6 Å². The fraction of sp³-hybridized carbons (Fsp3) is 0.462. The van der Waals surface area contributed by atoms with Crippen LogP contribution >= 0.6 is 15.9 Å². The number of rotatable bonds is 5. The molecule has 1 aromatic carbocycles.